The van der Waals surface area contributed by atoms with Crippen LogP contribution in [0, 0.1) is 12.3 Å². The molecule has 120 valence electrons. The van der Waals surface area contributed by atoms with Crippen LogP contribution >= 0.6 is 0 Å². The number of nitrogens with zero attached hydrogens (tertiary/aromatic N) is 5. The van der Waals surface area contributed by atoms with E-state index in [4.69, 9.17) is 6.42 Å². The molecule has 1 atom stereocenters. The first-order valence-electron chi connectivity index (χ1n) is 7.95. The fourth-order valence-electron chi connectivity index (χ4n) is 3.23. The first kappa shape index (κ1) is 14.5. The third kappa shape index (κ3) is 2.44. The van der Waals surface area contributed by atoms with Crippen molar-refractivity contribution in [3.05, 3.63) is 42.5 Å². The van der Waals surface area contributed by atoms with Gasteiger partial charge < -0.3 is 14.8 Å². The molecule has 1 N–H and O–H groups in total. The molecule has 1 fully saturated rings. The van der Waals surface area contributed by atoms with E-state index in [0.717, 1.165) is 47.7 Å². The van der Waals surface area contributed by atoms with Crippen LogP contribution < -0.4 is 9.80 Å². The molecule has 1 aliphatic heterocycles. The molecule has 1 aliphatic rings. The Labute approximate surface area is 140 Å². The van der Waals surface area contributed by atoms with Gasteiger partial charge in [-0.1, -0.05) is 5.92 Å². The van der Waals surface area contributed by atoms with Gasteiger partial charge in [-0.05, 0) is 24.6 Å². The molecule has 1 saturated heterocycles. The van der Waals surface area contributed by atoms with Crippen molar-refractivity contribution in [1.82, 2.24) is 19.9 Å². The van der Waals surface area contributed by atoms with Crippen molar-refractivity contribution < 1.29 is 0 Å². The summed E-state index contributed by atoms with van der Waals surface area (Å²) in [7, 11) is 2.08. The van der Waals surface area contributed by atoms with Gasteiger partial charge in [0, 0.05) is 44.1 Å². The van der Waals surface area contributed by atoms with Crippen LogP contribution in [0.3, 0.4) is 0 Å². The van der Waals surface area contributed by atoms with Gasteiger partial charge in [0.1, 0.15) is 23.6 Å². The molecule has 6 heteroatoms. The summed E-state index contributed by atoms with van der Waals surface area (Å²) in [6.07, 6.45) is 11.7. The normalized spacial score (nSPS) is 17.2. The molecule has 4 rings (SSSR count). The minimum atomic E-state index is 0.387. The first-order valence-corrected chi connectivity index (χ1v) is 7.95. The highest BCUT2D eigenvalue weighted by Gasteiger charge is 2.28. The van der Waals surface area contributed by atoms with Crippen LogP contribution in [0.5, 0.6) is 0 Å². The summed E-state index contributed by atoms with van der Waals surface area (Å²) in [5.74, 6) is 4.53. The lowest BCUT2D eigenvalue weighted by atomic mass is 10.2. The molecule has 0 radical (unpaired) electrons. The maximum absolute atomic E-state index is 5.39. The molecular weight excluding hydrogens is 300 g/mol. The number of H-pyrrole nitrogens is 1. The van der Waals surface area contributed by atoms with Crippen LogP contribution in [0.2, 0.25) is 0 Å². The maximum atomic E-state index is 5.39. The number of likely N-dealkylation sites (N-methyl/N-ethyl adjacent to an activating group) is 1. The highest BCUT2D eigenvalue weighted by Crippen LogP contribution is 2.27. The molecule has 24 heavy (non-hydrogen) atoms. The third-order valence-electron chi connectivity index (χ3n) is 4.62. The number of anilines is 2. The van der Waals surface area contributed by atoms with E-state index in [1.54, 1.807) is 12.5 Å². The summed E-state index contributed by atoms with van der Waals surface area (Å²) < 4.78 is 0. The van der Waals surface area contributed by atoms with Gasteiger partial charge in [-0.2, -0.15) is 0 Å². The number of pyridine rings is 1. The maximum Gasteiger partial charge on any atom is 0.142 e. The lowest BCUT2D eigenvalue weighted by Gasteiger charge is -2.26. The smallest absolute Gasteiger partial charge is 0.142 e. The molecule has 0 spiro atoms. The second kappa shape index (κ2) is 5.85. The topological polar surface area (TPSA) is 60.9 Å². The zero-order valence-corrected chi connectivity index (χ0v) is 13.5. The van der Waals surface area contributed by atoms with Gasteiger partial charge in [0.05, 0.1) is 5.39 Å². The van der Waals surface area contributed by atoms with Crippen LogP contribution in [0.4, 0.5) is 11.6 Å². The number of terminal acetylenes is 1. The number of hydrogen-bond donors (Lipinski definition) is 1. The van der Waals surface area contributed by atoms with Crippen molar-refractivity contribution in [2.75, 3.05) is 29.9 Å². The molecule has 0 bridgehead atoms. The molecule has 0 amide bonds. The van der Waals surface area contributed by atoms with Gasteiger partial charge in [0.25, 0.3) is 0 Å². The van der Waals surface area contributed by atoms with Gasteiger partial charge in [-0.15, -0.1) is 6.42 Å². The summed E-state index contributed by atoms with van der Waals surface area (Å²) in [5, 5.41) is 1.07. The number of hydrogen-bond acceptors (Lipinski definition) is 5. The van der Waals surface area contributed by atoms with E-state index in [0.29, 0.717) is 6.04 Å². The van der Waals surface area contributed by atoms with E-state index in [1.165, 1.54) is 0 Å². The van der Waals surface area contributed by atoms with Gasteiger partial charge in [-0.25, -0.2) is 15.0 Å². The van der Waals surface area contributed by atoms with Crippen molar-refractivity contribution in [1.29, 1.82) is 0 Å². The highest BCUT2D eigenvalue weighted by atomic mass is 15.3. The summed E-state index contributed by atoms with van der Waals surface area (Å²) in [6, 6.07) is 6.33. The summed E-state index contributed by atoms with van der Waals surface area (Å²) in [6.45, 7) is 1.88. The molecule has 3 aromatic heterocycles. The van der Waals surface area contributed by atoms with E-state index < -0.39 is 0 Å². The number of aromatic amines is 1. The first-order chi connectivity index (χ1) is 11.8. The minimum Gasteiger partial charge on any atom is -0.355 e. The van der Waals surface area contributed by atoms with E-state index in [-0.39, 0.29) is 0 Å². The van der Waals surface area contributed by atoms with Gasteiger partial charge in [0.15, 0.2) is 0 Å². The molecule has 6 nitrogen and oxygen atoms in total. The zero-order chi connectivity index (χ0) is 16.5. The van der Waals surface area contributed by atoms with E-state index in [2.05, 4.69) is 42.7 Å². The van der Waals surface area contributed by atoms with Crippen molar-refractivity contribution in [2.45, 2.75) is 12.5 Å². The Hall–Kier alpha value is -3.07. The van der Waals surface area contributed by atoms with E-state index in [9.17, 15) is 0 Å². The van der Waals surface area contributed by atoms with Crippen LogP contribution in [-0.4, -0.2) is 46.1 Å². The lowest BCUT2D eigenvalue weighted by molar-refractivity contribution is 0.684. The average Bonchev–Trinajstić information content (AvgIpc) is 3.30. The highest BCUT2D eigenvalue weighted by molar-refractivity contribution is 5.87. The monoisotopic (exact) mass is 318 g/mol. The van der Waals surface area contributed by atoms with Gasteiger partial charge >= 0.3 is 0 Å². The van der Waals surface area contributed by atoms with Crippen molar-refractivity contribution in [3.63, 3.8) is 0 Å². The fraction of sp³-hybridized carbons (Fsp3) is 0.278. The minimum absolute atomic E-state index is 0.387. The number of rotatable bonds is 3. The van der Waals surface area contributed by atoms with Crippen LogP contribution in [0.25, 0.3) is 11.0 Å². The fourth-order valence-corrected chi connectivity index (χ4v) is 3.23. The Bertz CT molecular complexity index is 892. The third-order valence-corrected chi connectivity index (χ3v) is 4.62. The Morgan fingerprint density at radius 3 is 3.00 bits per heavy atom. The average molecular weight is 318 g/mol. The number of aromatic nitrogens is 4. The van der Waals surface area contributed by atoms with Crippen molar-refractivity contribution in [3.8, 4) is 12.3 Å². The Morgan fingerprint density at radius 2 is 2.21 bits per heavy atom. The van der Waals surface area contributed by atoms with Crippen LogP contribution in [0.1, 0.15) is 12.0 Å². The standard InChI is InChI=1S/C18H18N6/c1-3-13-4-5-16(20-10-13)23(2)14-7-9-24(11-14)18-15-6-8-19-17(15)21-12-22-18/h1,4-6,8,10,12,14H,7,9,11H2,2H3,(H,19,21,22). The van der Waals surface area contributed by atoms with Crippen LogP contribution in [-0.2, 0) is 0 Å². The van der Waals surface area contributed by atoms with E-state index >= 15 is 0 Å². The Balaban J connectivity index is 1.53. The second-order valence-electron chi connectivity index (χ2n) is 5.99. The SMILES string of the molecule is C#Cc1ccc(N(C)C2CCN(c3ncnc4[nH]ccc34)C2)nc1. The van der Waals surface area contributed by atoms with Crippen molar-refractivity contribution in [2.24, 2.45) is 0 Å². The molecule has 0 aromatic carbocycles. The number of nitrogens with one attached hydrogen (secondary N) is 1. The second-order valence-corrected chi connectivity index (χ2v) is 5.99. The lowest BCUT2D eigenvalue weighted by Crippen LogP contribution is -2.35. The molecular formula is C18H18N6. The predicted octanol–water partition coefficient (Wildman–Crippen LogP) is 2.05. The zero-order valence-electron chi connectivity index (χ0n) is 13.5. The van der Waals surface area contributed by atoms with Crippen molar-refractivity contribution >= 4 is 22.7 Å². The molecule has 1 unspecified atom stereocenters. The summed E-state index contributed by atoms with van der Waals surface area (Å²) >= 11 is 0. The largest absolute Gasteiger partial charge is 0.355 e. The van der Waals surface area contributed by atoms with E-state index in [1.807, 2.05) is 24.4 Å². The van der Waals surface area contributed by atoms with Crippen LogP contribution in [0.15, 0.2) is 36.9 Å². The van der Waals surface area contributed by atoms with Gasteiger partial charge in [0.2, 0.25) is 0 Å². The summed E-state index contributed by atoms with van der Waals surface area (Å²) in [5.41, 5.74) is 1.68. The predicted molar refractivity (Wildman–Crippen MR) is 95.1 cm³/mol. The molecule has 3 aromatic rings. The summed E-state index contributed by atoms with van der Waals surface area (Å²) in [4.78, 5) is 20.9. The molecule has 0 aliphatic carbocycles. The quantitative estimate of drug-likeness (QED) is 0.749. The number of fused-ring (bicyclic) bond motifs is 1. The van der Waals surface area contributed by atoms with Gasteiger partial charge in [-0.3, -0.25) is 0 Å². The molecule has 0 saturated carbocycles. The Kier molecular flexibility index (Phi) is 3.54. The Morgan fingerprint density at radius 1 is 1.29 bits per heavy atom. The molecule has 4 heterocycles.